The minimum Gasteiger partial charge on any atom is -0.481 e. The second-order valence-corrected chi connectivity index (χ2v) is 4.05. The van der Waals surface area contributed by atoms with Gasteiger partial charge in [0.05, 0.1) is 6.42 Å². The average Bonchev–Trinajstić information content (AvgIpc) is 2.19. The number of likely N-dealkylation sites (tertiary alicyclic amines) is 1. The lowest BCUT2D eigenvalue weighted by molar-refractivity contribution is -0.145. The Morgan fingerprint density at radius 2 is 2.20 bits per heavy atom. The Hall–Kier alpha value is -1.06. The van der Waals surface area contributed by atoms with Crippen molar-refractivity contribution in [2.75, 3.05) is 6.54 Å². The quantitative estimate of drug-likeness (QED) is 0.769. The molecule has 1 aliphatic heterocycles. The average molecular weight is 213 g/mol. The van der Waals surface area contributed by atoms with Crippen LogP contribution >= 0.6 is 0 Å². The van der Waals surface area contributed by atoms with Crippen molar-refractivity contribution in [2.24, 2.45) is 5.92 Å². The first-order chi connectivity index (χ1) is 7.10. The van der Waals surface area contributed by atoms with Crippen molar-refractivity contribution in [3.8, 4) is 0 Å². The van der Waals surface area contributed by atoms with Crippen LogP contribution in [0.2, 0.25) is 0 Å². The number of carboxylic acid groups (broad SMARTS) is 1. The van der Waals surface area contributed by atoms with Gasteiger partial charge in [-0.05, 0) is 25.7 Å². The van der Waals surface area contributed by atoms with Crippen LogP contribution in [0.5, 0.6) is 0 Å². The summed E-state index contributed by atoms with van der Waals surface area (Å²) in [6.45, 7) is 4.65. The molecule has 0 radical (unpaired) electrons. The summed E-state index contributed by atoms with van der Waals surface area (Å²) in [6, 6.07) is 0.118. The molecule has 1 aliphatic rings. The highest BCUT2D eigenvalue weighted by Gasteiger charge is 2.34. The van der Waals surface area contributed by atoms with Crippen molar-refractivity contribution < 1.29 is 14.7 Å². The van der Waals surface area contributed by atoms with Crippen LogP contribution in [0.25, 0.3) is 0 Å². The number of nitrogens with zero attached hydrogens (tertiary/aromatic N) is 1. The summed E-state index contributed by atoms with van der Waals surface area (Å²) < 4.78 is 0. The Kier molecular flexibility index (Phi) is 4.12. The molecular weight excluding hydrogens is 194 g/mol. The number of carbonyl (C=O) groups is 2. The molecule has 1 fully saturated rings. The molecular formula is C11H19NO3. The van der Waals surface area contributed by atoms with Crippen molar-refractivity contribution in [1.82, 2.24) is 4.90 Å². The fourth-order valence-electron chi connectivity index (χ4n) is 2.51. The third-order valence-corrected chi connectivity index (χ3v) is 3.19. The van der Waals surface area contributed by atoms with Gasteiger partial charge in [-0.15, -0.1) is 0 Å². The Morgan fingerprint density at radius 3 is 2.67 bits per heavy atom. The number of amides is 1. The number of aliphatic carboxylic acids is 1. The number of hydrogen-bond acceptors (Lipinski definition) is 2. The van der Waals surface area contributed by atoms with E-state index in [2.05, 4.69) is 0 Å². The van der Waals surface area contributed by atoms with Crippen LogP contribution in [0.3, 0.4) is 0 Å². The van der Waals surface area contributed by atoms with Gasteiger partial charge in [-0.1, -0.05) is 6.92 Å². The van der Waals surface area contributed by atoms with Crippen molar-refractivity contribution in [3.05, 3.63) is 0 Å². The van der Waals surface area contributed by atoms with Crippen LogP contribution in [0, 0.1) is 5.92 Å². The summed E-state index contributed by atoms with van der Waals surface area (Å²) in [4.78, 5) is 24.1. The largest absolute Gasteiger partial charge is 0.481 e. The van der Waals surface area contributed by atoms with E-state index in [0.29, 0.717) is 13.0 Å². The van der Waals surface area contributed by atoms with Crippen LogP contribution in [-0.2, 0) is 9.59 Å². The number of rotatable bonds is 4. The predicted octanol–water partition coefficient (Wildman–Crippen LogP) is 1.50. The van der Waals surface area contributed by atoms with Gasteiger partial charge in [-0.3, -0.25) is 9.59 Å². The molecule has 1 rings (SSSR count). The molecule has 0 aromatic carbocycles. The summed E-state index contributed by atoms with van der Waals surface area (Å²) in [6.07, 6.45) is 2.25. The highest BCUT2D eigenvalue weighted by molar-refractivity contribution is 5.78. The van der Waals surface area contributed by atoms with E-state index >= 15 is 0 Å². The van der Waals surface area contributed by atoms with Crippen LogP contribution in [0.4, 0.5) is 0 Å². The number of carboxylic acids is 1. The Balaban J connectivity index is 2.72. The van der Waals surface area contributed by atoms with Crippen LogP contribution in [0.15, 0.2) is 0 Å². The molecule has 0 aromatic heterocycles. The summed E-state index contributed by atoms with van der Waals surface area (Å²) in [5.41, 5.74) is 0. The van der Waals surface area contributed by atoms with E-state index < -0.39 is 5.97 Å². The van der Waals surface area contributed by atoms with Gasteiger partial charge >= 0.3 is 5.97 Å². The third kappa shape index (κ3) is 2.70. The van der Waals surface area contributed by atoms with E-state index in [1.165, 1.54) is 0 Å². The molecule has 1 saturated heterocycles. The van der Waals surface area contributed by atoms with Crippen LogP contribution in [-0.4, -0.2) is 34.5 Å². The zero-order valence-electron chi connectivity index (χ0n) is 9.40. The second kappa shape index (κ2) is 5.14. The summed E-state index contributed by atoms with van der Waals surface area (Å²) in [7, 11) is 0. The predicted molar refractivity (Wildman–Crippen MR) is 56.4 cm³/mol. The zero-order chi connectivity index (χ0) is 11.4. The first-order valence-corrected chi connectivity index (χ1v) is 5.61. The van der Waals surface area contributed by atoms with Gasteiger partial charge < -0.3 is 10.0 Å². The highest BCUT2D eigenvalue weighted by atomic mass is 16.4. The standard InChI is InChI=1S/C11H19NO3/c1-3-9-8(7-11(14)15)5-6-10(13)12(9)4-2/h8-9H,3-7H2,1-2H3,(H,14,15)/t8-,9-/m0/s1. The van der Waals surface area contributed by atoms with Crippen molar-refractivity contribution in [3.63, 3.8) is 0 Å². The van der Waals surface area contributed by atoms with Gasteiger partial charge in [-0.25, -0.2) is 0 Å². The van der Waals surface area contributed by atoms with E-state index in [9.17, 15) is 9.59 Å². The van der Waals surface area contributed by atoms with Gasteiger partial charge in [0.25, 0.3) is 0 Å². The molecule has 0 bridgehead atoms. The maximum Gasteiger partial charge on any atom is 0.303 e. The Labute approximate surface area is 90.3 Å². The molecule has 1 amide bonds. The topological polar surface area (TPSA) is 57.6 Å². The maximum absolute atomic E-state index is 11.6. The summed E-state index contributed by atoms with van der Waals surface area (Å²) >= 11 is 0. The number of piperidine rings is 1. The maximum atomic E-state index is 11.6. The summed E-state index contributed by atoms with van der Waals surface area (Å²) in [5, 5.41) is 8.80. The fourth-order valence-corrected chi connectivity index (χ4v) is 2.51. The van der Waals surface area contributed by atoms with Crippen LogP contribution in [0.1, 0.15) is 39.5 Å². The Bertz CT molecular complexity index is 252. The molecule has 1 N–H and O–H groups in total. The fraction of sp³-hybridized carbons (Fsp3) is 0.818. The summed E-state index contributed by atoms with van der Waals surface area (Å²) in [5.74, 6) is -0.458. The zero-order valence-corrected chi connectivity index (χ0v) is 9.40. The lowest BCUT2D eigenvalue weighted by Gasteiger charge is -2.39. The molecule has 2 atom stereocenters. The molecule has 0 aliphatic carbocycles. The van der Waals surface area contributed by atoms with E-state index in [-0.39, 0.29) is 24.3 Å². The molecule has 1 heterocycles. The van der Waals surface area contributed by atoms with E-state index in [1.807, 2.05) is 18.7 Å². The van der Waals surface area contributed by atoms with Gasteiger partial charge in [0, 0.05) is 19.0 Å². The molecule has 0 aromatic rings. The molecule has 86 valence electrons. The highest BCUT2D eigenvalue weighted by Crippen LogP contribution is 2.28. The van der Waals surface area contributed by atoms with E-state index in [4.69, 9.17) is 5.11 Å². The lowest BCUT2D eigenvalue weighted by Crippen LogP contribution is -2.48. The first kappa shape index (κ1) is 12.0. The third-order valence-electron chi connectivity index (χ3n) is 3.19. The van der Waals surface area contributed by atoms with Gasteiger partial charge in [0.15, 0.2) is 0 Å². The molecule has 15 heavy (non-hydrogen) atoms. The number of carbonyl (C=O) groups excluding carboxylic acids is 1. The van der Waals surface area contributed by atoms with Crippen LogP contribution < -0.4 is 0 Å². The van der Waals surface area contributed by atoms with E-state index in [0.717, 1.165) is 12.8 Å². The first-order valence-electron chi connectivity index (χ1n) is 5.61. The monoisotopic (exact) mass is 213 g/mol. The van der Waals surface area contributed by atoms with Gasteiger partial charge in [-0.2, -0.15) is 0 Å². The van der Waals surface area contributed by atoms with Crippen molar-refractivity contribution >= 4 is 11.9 Å². The van der Waals surface area contributed by atoms with Gasteiger partial charge in [0.2, 0.25) is 5.91 Å². The second-order valence-electron chi connectivity index (χ2n) is 4.05. The van der Waals surface area contributed by atoms with Gasteiger partial charge in [0.1, 0.15) is 0 Å². The molecule has 4 heteroatoms. The molecule has 0 spiro atoms. The normalized spacial score (nSPS) is 26.8. The van der Waals surface area contributed by atoms with Crippen molar-refractivity contribution in [2.45, 2.75) is 45.6 Å². The SMILES string of the molecule is CC[C@H]1[C@H](CC(=O)O)CCC(=O)N1CC. The van der Waals surface area contributed by atoms with E-state index in [1.54, 1.807) is 0 Å². The smallest absolute Gasteiger partial charge is 0.303 e. The Morgan fingerprint density at radius 1 is 1.53 bits per heavy atom. The minimum absolute atomic E-state index is 0.118. The number of hydrogen-bond donors (Lipinski definition) is 1. The molecule has 4 nitrogen and oxygen atoms in total. The molecule has 0 unspecified atom stereocenters. The molecule has 0 saturated carbocycles. The van der Waals surface area contributed by atoms with Crippen molar-refractivity contribution in [1.29, 1.82) is 0 Å². The lowest BCUT2D eigenvalue weighted by atomic mass is 9.85. The minimum atomic E-state index is -0.760.